The molecule has 1 aromatic heterocycles. The zero-order valence-electron chi connectivity index (χ0n) is 6.06. The van der Waals surface area contributed by atoms with Crippen molar-refractivity contribution >= 4 is 17.8 Å². The molecule has 4 nitrogen and oxygen atoms in total. The summed E-state index contributed by atoms with van der Waals surface area (Å²) in [5, 5.41) is 8.19. The first-order chi connectivity index (χ1) is 5.70. The Balaban J connectivity index is 2.63. The van der Waals surface area contributed by atoms with E-state index in [9.17, 15) is 9.59 Å². The lowest BCUT2D eigenvalue weighted by Crippen LogP contribution is -2.08. The first kappa shape index (κ1) is 8.26. The van der Waals surface area contributed by atoms with E-state index in [4.69, 9.17) is 9.52 Å². The van der Waals surface area contributed by atoms with Gasteiger partial charge in [0.2, 0.25) is 0 Å². The van der Waals surface area contributed by atoms with E-state index in [1.165, 1.54) is 18.6 Å². The van der Waals surface area contributed by atoms with Gasteiger partial charge in [0, 0.05) is 5.56 Å². The first-order valence-electron chi connectivity index (χ1n) is 3.17. The van der Waals surface area contributed by atoms with Crippen molar-refractivity contribution in [3.8, 4) is 0 Å². The highest BCUT2D eigenvalue weighted by Gasteiger charge is 2.05. The minimum absolute atomic E-state index is 0.657. The smallest absolute Gasteiger partial charge is 0.376 e. The minimum atomic E-state index is -1.46. The molecule has 0 aliphatic rings. The second-order valence-corrected chi connectivity index (χ2v) is 2.06. The van der Waals surface area contributed by atoms with E-state index in [1.54, 1.807) is 6.07 Å². The molecule has 12 heavy (non-hydrogen) atoms. The van der Waals surface area contributed by atoms with Crippen LogP contribution < -0.4 is 0 Å². The van der Waals surface area contributed by atoms with Crippen molar-refractivity contribution in [3.63, 3.8) is 0 Å². The van der Waals surface area contributed by atoms with Gasteiger partial charge in [0.1, 0.15) is 0 Å². The van der Waals surface area contributed by atoms with Crippen LogP contribution in [-0.2, 0) is 9.59 Å². The predicted molar refractivity (Wildman–Crippen MR) is 40.4 cm³/mol. The summed E-state index contributed by atoms with van der Waals surface area (Å²) in [6.07, 6.45) is 5.20. The van der Waals surface area contributed by atoms with E-state index >= 15 is 0 Å². The maximum absolute atomic E-state index is 10.5. The maximum atomic E-state index is 10.5. The van der Waals surface area contributed by atoms with Crippen molar-refractivity contribution in [2.24, 2.45) is 0 Å². The Hall–Kier alpha value is -1.84. The highest BCUT2D eigenvalue weighted by Crippen LogP contribution is 2.01. The fourth-order valence-electron chi connectivity index (χ4n) is 0.613. The zero-order chi connectivity index (χ0) is 8.97. The lowest BCUT2D eigenvalue weighted by molar-refractivity contribution is -0.146. The maximum Gasteiger partial charge on any atom is 0.376 e. The third-order valence-electron chi connectivity index (χ3n) is 1.18. The van der Waals surface area contributed by atoms with E-state index < -0.39 is 11.8 Å². The van der Waals surface area contributed by atoms with Crippen molar-refractivity contribution < 1.29 is 19.1 Å². The highest BCUT2D eigenvalue weighted by atomic mass is 16.4. The fraction of sp³-hybridized carbons (Fsp3) is 0. The second kappa shape index (κ2) is 3.52. The number of carbonyl (C=O) groups is 2. The van der Waals surface area contributed by atoms with Gasteiger partial charge in [-0.15, -0.1) is 0 Å². The van der Waals surface area contributed by atoms with Crippen molar-refractivity contribution in [3.05, 3.63) is 30.2 Å². The van der Waals surface area contributed by atoms with Gasteiger partial charge in [0.25, 0.3) is 5.78 Å². The van der Waals surface area contributed by atoms with Crippen LogP contribution in [0.4, 0.5) is 0 Å². The van der Waals surface area contributed by atoms with Crippen LogP contribution in [0.25, 0.3) is 6.08 Å². The van der Waals surface area contributed by atoms with Gasteiger partial charge in [0.05, 0.1) is 12.5 Å². The van der Waals surface area contributed by atoms with Gasteiger partial charge in [-0.25, -0.2) is 4.79 Å². The number of carboxylic acid groups (broad SMARTS) is 1. The number of hydrogen-bond acceptors (Lipinski definition) is 3. The summed E-state index contributed by atoms with van der Waals surface area (Å²) in [7, 11) is 0. The fourth-order valence-corrected chi connectivity index (χ4v) is 0.613. The molecule has 1 heterocycles. The molecule has 0 fully saturated rings. The summed E-state index contributed by atoms with van der Waals surface area (Å²) >= 11 is 0. The lowest BCUT2D eigenvalue weighted by atomic mass is 10.2. The largest absolute Gasteiger partial charge is 0.475 e. The molecule has 4 heteroatoms. The molecule has 0 atom stereocenters. The third-order valence-corrected chi connectivity index (χ3v) is 1.18. The molecule has 0 unspecified atom stereocenters. The molecule has 0 aromatic carbocycles. The van der Waals surface area contributed by atoms with Gasteiger partial charge in [-0.2, -0.15) is 0 Å². The average Bonchev–Trinajstić information content (AvgIpc) is 2.51. The summed E-state index contributed by atoms with van der Waals surface area (Å²) in [5.41, 5.74) is 0.657. The van der Waals surface area contributed by atoms with Crippen LogP contribution in [0.15, 0.2) is 29.1 Å². The Kier molecular flexibility index (Phi) is 2.42. The van der Waals surface area contributed by atoms with Crippen LogP contribution in [0.3, 0.4) is 0 Å². The summed E-state index contributed by atoms with van der Waals surface area (Å²) in [5.74, 6) is -2.41. The van der Waals surface area contributed by atoms with Gasteiger partial charge in [0.15, 0.2) is 0 Å². The van der Waals surface area contributed by atoms with E-state index in [0.717, 1.165) is 6.08 Å². The van der Waals surface area contributed by atoms with Gasteiger partial charge < -0.3 is 9.52 Å². The van der Waals surface area contributed by atoms with Gasteiger partial charge in [-0.3, -0.25) is 4.79 Å². The second-order valence-electron chi connectivity index (χ2n) is 2.06. The molecular weight excluding hydrogens is 160 g/mol. The number of hydrogen-bond donors (Lipinski definition) is 1. The summed E-state index contributed by atoms with van der Waals surface area (Å²) in [6, 6.07) is 1.62. The highest BCUT2D eigenvalue weighted by molar-refractivity contribution is 6.38. The Morgan fingerprint density at radius 1 is 1.50 bits per heavy atom. The SMILES string of the molecule is O=C(O)C(=O)/C=C/c1ccoc1. The van der Waals surface area contributed by atoms with Crippen LogP contribution in [0.1, 0.15) is 5.56 Å². The van der Waals surface area contributed by atoms with Crippen molar-refractivity contribution in [1.82, 2.24) is 0 Å². The molecular formula is C8H6O4. The molecule has 0 aliphatic heterocycles. The van der Waals surface area contributed by atoms with Crippen molar-refractivity contribution in [2.75, 3.05) is 0 Å². The number of carbonyl (C=O) groups excluding carboxylic acids is 1. The quantitative estimate of drug-likeness (QED) is 0.536. The Morgan fingerprint density at radius 3 is 2.75 bits per heavy atom. The summed E-state index contributed by atoms with van der Waals surface area (Å²) in [6.45, 7) is 0. The summed E-state index contributed by atoms with van der Waals surface area (Å²) in [4.78, 5) is 20.6. The minimum Gasteiger partial charge on any atom is -0.475 e. The normalized spacial score (nSPS) is 10.3. The number of aliphatic carboxylic acids is 1. The van der Waals surface area contributed by atoms with Crippen LogP contribution >= 0.6 is 0 Å². The lowest BCUT2D eigenvalue weighted by Gasteiger charge is -1.82. The van der Waals surface area contributed by atoms with Crippen LogP contribution in [0, 0.1) is 0 Å². The number of ketones is 1. The van der Waals surface area contributed by atoms with Gasteiger partial charge >= 0.3 is 5.97 Å². The molecule has 0 aliphatic carbocycles. The van der Waals surface area contributed by atoms with Crippen molar-refractivity contribution in [1.29, 1.82) is 0 Å². The Labute approximate surface area is 68.1 Å². The zero-order valence-corrected chi connectivity index (χ0v) is 6.06. The molecule has 0 bridgehead atoms. The number of rotatable bonds is 3. The predicted octanol–water partition coefficient (Wildman–Crippen LogP) is 0.947. The molecule has 1 rings (SSSR count). The molecule has 0 saturated heterocycles. The Bertz CT molecular complexity index is 308. The van der Waals surface area contributed by atoms with E-state index in [-0.39, 0.29) is 0 Å². The van der Waals surface area contributed by atoms with E-state index in [1.807, 2.05) is 0 Å². The molecule has 0 amide bonds. The first-order valence-corrected chi connectivity index (χ1v) is 3.17. The molecule has 0 saturated carbocycles. The van der Waals surface area contributed by atoms with Gasteiger partial charge in [-0.05, 0) is 18.2 Å². The summed E-state index contributed by atoms with van der Waals surface area (Å²) < 4.78 is 4.70. The molecule has 0 spiro atoms. The number of furan rings is 1. The molecule has 1 N–H and O–H groups in total. The van der Waals surface area contributed by atoms with E-state index in [0.29, 0.717) is 5.56 Å². The Morgan fingerprint density at radius 2 is 2.25 bits per heavy atom. The third kappa shape index (κ3) is 2.09. The van der Waals surface area contributed by atoms with Crippen molar-refractivity contribution in [2.45, 2.75) is 0 Å². The average molecular weight is 166 g/mol. The molecule has 0 radical (unpaired) electrons. The number of carboxylic acids is 1. The topological polar surface area (TPSA) is 67.5 Å². The van der Waals surface area contributed by atoms with Crippen LogP contribution in [-0.4, -0.2) is 16.9 Å². The van der Waals surface area contributed by atoms with Gasteiger partial charge in [-0.1, -0.05) is 0 Å². The van der Waals surface area contributed by atoms with Crippen LogP contribution in [0.2, 0.25) is 0 Å². The standard InChI is InChI=1S/C8H6O4/c9-7(8(10)11)2-1-6-3-4-12-5-6/h1-5H,(H,10,11)/b2-1+. The monoisotopic (exact) mass is 166 g/mol. The van der Waals surface area contributed by atoms with Crippen LogP contribution in [0.5, 0.6) is 0 Å². The van der Waals surface area contributed by atoms with E-state index in [2.05, 4.69) is 0 Å². The molecule has 62 valence electrons. The molecule has 1 aromatic rings.